The molecule has 0 nitrogen and oxygen atoms in total. The van der Waals surface area contributed by atoms with E-state index in [9.17, 15) is 0 Å². The standard InChI is InChI=1S/C25H28S2/c1-17-26-24(20-8-4-2-5-9-20,21-10-6-3-7-11-21)25(27-17)22-13-18-12-19(15-22)16-23(25)14-18/h2-11,17-19,22-23H,12-16H2,1H3. The second-order valence-electron chi connectivity index (χ2n) is 9.31. The van der Waals surface area contributed by atoms with Crippen LogP contribution in [-0.2, 0) is 4.75 Å². The fraction of sp³-hybridized carbons (Fsp3) is 0.520. The monoisotopic (exact) mass is 392 g/mol. The van der Waals surface area contributed by atoms with Gasteiger partial charge in [0.05, 0.1) is 4.75 Å². The summed E-state index contributed by atoms with van der Waals surface area (Å²) in [6, 6.07) is 23.1. The number of hydrogen-bond acceptors (Lipinski definition) is 2. The van der Waals surface area contributed by atoms with Gasteiger partial charge in [-0.15, -0.1) is 23.5 Å². The minimum atomic E-state index is 0.0994. The van der Waals surface area contributed by atoms with E-state index in [1.54, 1.807) is 11.1 Å². The molecule has 1 saturated heterocycles. The minimum Gasteiger partial charge on any atom is -0.138 e. The van der Waals surface area contributed by atoms with Gasteiger partial charge in [-0.25, -0.2) is 0 Å². The van der Waals surface area contributed by atoms with Crippen molar-refractivity contribution in [3.63, 3.8) is 0 Å². The Balaban J connectivity index is 1.63. The lowest BCUT2D eigenvalue weighted by molar-refractivity contribution is -0.0264. The summed E-state index contributed by atoms with van der Waals surface area (Å²) in [7, 11) is 0. The summed E-state index contributed by atoms with van der Waals surface area (Å²) in [6.45, 7) is 2.47. The Morgan fingerprint density at radius 3 is 1.63 bits per heavy atom. The van der Waals surface area contributed by atoms with Gasteiger partial charge in [0.2, 0.25) is 0 Å². The number of thioether (sulfide) groups is 2. The largest absolute Gasteiger partial charge is 0.138 e. The lowest BCUT2D eigenvalue weighted by Gasteiger charge is -2.64. The maximum atomic E-state index is 2.47. The Morgan fingerprint density at radius 1 is 0.667 bits per heavy atom. The summed E-state index contributed by atoms with van der Waals surface area (Å²) < 4.78 is 1.12. The van der Waals surface area contributed by atoms with Crippen LogP contribution in [0.5, 0.6) is 0 Å². The van der Waals surface area contributed by atoms with Crippen molar-refractivity contribution in [1.29, 1.82) is 0 Å². The summed E-state index contributed by atoms with van der Waals surface area (Å²) in [4.78, 5) is 0. The van der Waals surface area contributed by atoms with Gasteiger partial charge in [0, 0.05) is 9.33 Å². The molecule has 5 aliphatic rings. The highest BCUT2D eigenvalue weighted by atomic mass is 32.2. The number of benzene rings is 2. The number of hydrogen-bond donors (Lipinski definition) is 0. The predicted molar refractivity (Wildman–Crippen MR) is 118 cm³/mol. The van der Waals surface area contributed by atoms with Crippen molar-refractivity contribution < 1.29 is 0 Å². The van der Waals surface area contributed by atoms with Crippen molar-refractivity contribution in [2.24, 2.45) is 23.7 Å². The van der Waals surface area contributed by atoms with Gasteiger partial charge in [-0.2, -0.15) is 0 Å². The van der Waals surface area contributed by atoms with Crippen molar-refractivity contribution in [2.45, 2.75) is 53.1 Å². The summed E-state index contributed by atoms with van der Waals surface area (Å²) in [5, 5.41) is 0. The molecule has 1 aliphatic heterocycles. The SMILES string of the molecule is CC1SC(c2ccccc2)(c2ccccc2)C2(S1)C1CC3CC(C1)CC2C3. The Morgan fingerprint density at radius 2 is 1.15 bits per heavy atom. The second-order valence-corrected chi connectivity index (χ2v) is 12.8. The van der Waals surface area contributed by atoms with E-state index in [1.807, 2.05) is 0 Å². The van der Waals surface area contributed by atoms with Gasteiger partial charge in [0.15, 0.2) is 0 Å². The quantitative estimate of drug-likeness (QED) is 0.542. The zero-order valence-corrected chi connectivity index (χ0v) is 17.6. The first-order valence-electron chi connectivity index (χ1n) is 10.7. The Labute approximate surface area is 171 Å². The normalized spacial score (nSPS) is 41.3. The molecule has 0 N–H and O–H groups in total. The first-order chi connectivity index (χ1) is 13.2. The lowest BCUT2D eigenvalue weighted by atomic mass is 9.47. The molecule has 0 radical (unpaired) electrons. The molecule has 5 fully saturated rings. The maximum Gasteiger partial charge on any atom is 0.0820 e. The Hall–Kier alpha value is -0.860. The van der Waals surface area contributed by atoms with Gasteiger partial charge in [-0.3, -0.25) is 0 Å². The van der Waals surface area contributed by atoms with Crippen molar-refractivity contribution in [3.05, 3.63) is 71.8 Å². The average molecular weight is 393 g/mol. The zero-order valence-electron chi connectivity index (χ0n) is 16.0. The molecule has 2 aromatic carbocycles. The van der Waals surface area contributed by atoms with Crippen LogP contribution in [0.25, 0.3) is 0 Å². The molecule has 27 heavy (non-hydrogen) atoms. The van der Waals surface area contributed by atoms with E-state index in [1.165, 1.54) is 32.1 Å². The Kier molecular flexibility index (Phi) is 3.83. The third-order valence-corrected chi connectivity index (χ3v) is 11.9. The topological polar surface area (TPSA) is 0 Å². The van der Waals surface area contributed by atoms with Gasteiger partial charge in [0.25, 0.3) is 0 Å². The molecule has 7 rings (SSSR count). The van der Waals surface area contributed by atoms with Crippen LogP contribution in [0.2, 0.25) is 0 Å². The molecule has 4 bridgehead atoms. The van der Waals surface area contributed by atoms with E-state index in [0.29, 0.717) is 9.33 Å². The first kappa shape index (κ1) is 17.0. The van der Waals surface area contributed by atoms with Crippen LogP contribution in [-0.4, -0.2) is 9.33 Å². The maximum absolute atomic E-state index is 2.47. The third kappa shape index (κ3) is 2.20. The molecule has 4 saturated carbocycles. The molecule has 0 aromatic heterocycles. The van der Waals surface area contributed by atoms with Crippen molar-refractivity contribution in [2.75, 3.05) is 0 Å². The lowest BCUT2D eigenvalue weighted by Crippen LogP contribution is -2.63. The minimum absolute atomic E-state index is 0.0994. The Bertz CT molecular complexity index is 760. The first-order valence-corrected chi connectivity index (χ1v) is 12.4. The molecule has 2 aromatic rings. The van der Waals surface area contributed by atoms with Gasteiger partial charge < -0.3 is 0 Å². The van der Waals surface area contributed by atoms with Crippen molar-refractivity contribution in [1.82, 2.24) is 0 Å². The van der Waals surface area contributed by atoms with E-state index >= 15 is 0 Å². The highest BCUT2D eigenvalue weighted by Crippen LogP contribution is 2.77. The second kappa shape index (κ2) is 6.07. The van der Waals surface area contributed by atoms with Crippen LogP contribution in [0.15, 0.2) is 60.7 Å². The molecule has 2 heteroatoms. The van der Waals surface area contributed by atoms with Crippen molar-refractivity contribution >= 4 is 23.5 Å². The van der Waals surface area contributed by atoms with E-state index < -0.39 is 0 Å². The molecule has 4 aliphatic carbocycles. The van der Waals surface area contributed by atoms with E-state index in [2.05, 4.69) is 91.1 Å². The molecule has 0 amide bonds. The fourth-order valence-electron chi connectivity index (χ4n) is 7.47. The molecule has 1 heterocycles. The predicted octanol–water partition coefficient (Wildman–Crippen LogP) is 6.95. The highest BCUT2D eigenvalue weighted by Gasteiger charge is 2.70. The van der Waals surface area contributed by atoms with Gasteiger partial charge in [-0.05, 0) is 73.8 Å². The molecular weight excluding hydrogens is 364 g/mol. The van der Waals surface area contributed by atoms with E-state index in [0.717, 1.165) is 23.7 Å². The van der Waals surface area contributed by atoms with Crippen LogP contribution in [0.3, 0.4) is 0 Å². The summed E-state index contributed by atoms with van der Waals surface area (Å²) >= 11 is 4.62. The molecular formula is C25H28S2. The van der Waals surface area contributed by atoms with Crippen molar-refractivity contribution in [3.8, 4) is 0 Å². The van der Waals surface area contributed by atoms with Crippen LogP contribution >= 0.6 is 23.5 Å². The molecule has 140 valence electrons. The van der Waals surface area contributed by atoms with Gasteiger partial charge >= 0.3 is 0 Å². The third-order valence-electron chi connectivity index (χ3n) is 7.97. The molecule has 1 unspecified atom stereocenters. The van der Waals surface area contributed by atoms with E-state index in [4.69, 9.17) is 0 Å². The highest BCUT2D eigenvalue weighted by molar-refractivity contribution is 8.21. The zero-order chi connectivity index (χ0) is 18.1. The summed E-state index contributed by atoms with van der Waals surface area (Å²) in [5.41, 5.74) is 3.09. The van der Waals surface area contributed by atoms with Crippen LogP contribution < -0.4 is 0 Å². The summed E-state index contributed by atoms with van der Waals surface area (Å²) in [6.07, 6.45) is 7.45. The van der Waals surface area contributed by atoms with E-state index in [-0.39, 0.29) is 4.75 Å². The van der Waals surface area contributed by atoms with Gasteiger partial charge in [-0.1, -0.05) is 60.7 Å². The fourth-order valence-corrected chi connectivity index (χ4v) is 12.1. The van der Waals surface area contributed by atoms with Crippen LogP contribution in [0, 0.1) is 23.7 Å². The van der Waals surface area contributed by atoms with Gasteiger partial charge in [0.1, 0.15) is 0 Å². The summed E-state index contributed by atoms with van der Waals surface area (Å²) in [5.74, 6) is 3.81. The smallest absolute Gasteiger partial charge is 0.0820 e. The van der Waals surface area contributed by atoms with Crippen LogP contribution in [0.4, 0.5) is 0 Å². The average Bonchev–Trinajstić information content (AvgIpc) is 3.02. The molecule has 1 spiro atoms. The molecule has 1 atom stereocenters. The van der Waals surface area contributed by atoms with Crippen LogP contribution in [0.1, 0.15) is 50.2 Å². The number of rotatable bonds is 2.